The van der Waals surface area contributed by atoms with Gasteiger partial charge in [-0.1, -0.05) is 43.7 Å². The van der Waals surface area contributed by atoms with Crippen LogP contribution in [0.5, 0.6) is 0 Å². The highest BCUT2D eigenvalue weighted by atomic mass is 16.2. The van der Waals surface area contributed by atoms with E-state index in [-0.39, 0.29) is 0 Å². The zero-order valence-corrected chi connectivity index (χ0v) is 13.8. The van der Waals surface area contributed by atoms with Gasteiger partial charge < -0.3 is 10.2 Å². The first kappa shape index (κ1) is 17.0. The molecule has 1 N–H and O–H groups in total. The van der Waals surface area contributed by atoms with Crippen LogP contribution in [0.4, 0.5) is 0 Å². The molecule has 0 bridgehead atoms. The number of carbonyl (C=O) groups excluding carboxylic acids is 1. The maximum atomic E-state index is 12.2. The molecule has 1 aromatic rings. The molecule has 1 heterocycles. The molecule has 22 heavy (non-hydrogen) atoms. The molecule has 122 valence electrons. The third-order valence-electron chi connectivity index (χ3n) is 4.20. The Kier molecular flexibility index (Phi) is 7.40. The molecular weight excluding hydrogens is 274 g/mol. The van der Waals surface area contributed by atoms with Crippen molar-refractivity contribution in [3.05, 3.63) is 35.9 Å². The van der Waals surface area contributed by atoms with Crippen molar-refractivity contribution < 1.29 is 4.79 Å². The molecule has 1 aliphatic heterocycles. The van der Waals surface area contributed by atoms with Crippen molar-refractivity contribution in [1.29, 1.82) is 0 Å². The van der Waals surface area contributed by atoms with Gasteiger partial charge in [0.15, 0.2) is 0 Å². The third-order valence-corrected chi connectivity index (χ3v) is 4.20. The number of amides is 1. The first-order valence-corrected chi connectivity index (χ1v) is 8.54. The summed E-state index contributed by atoms with van der Waals surface area (Å²) in [4.78, 5) is 16.6. The lowest BCUT2D eigenvalue weighted by molar-refractivity contribution is -0.132. The van der Waals surface area contributed by atoms with Crippen molar-refractivity contribution in [2.24, 2.45) is 0 Å². The highest BCUT2D eigenvalue weighted by Crippen LogP contribution is 2.09. The Balaban J connectivity index is 1.63. The van der Waals surface area contributed by atoms with Crippen molar-refractivity contribution in [3.63, 3.8) is 0 Å². The summed E-state index contributed by atoms with van der Waals surface area (Å²) in [5.74, 6) is 0.295. The number of unbranched alkanes of at least 4 members (excludes halogenated alkanes) is 1. The van der Waals surface area contributed by atoms with Crippen LogP contribution in [-0.2, 0) is 11.3 Å². The molecule has 2 rings (SSSR count). The van der Waals surface area contributed by atoms with E-state index in [0.29, 0.717) is 12.3 Å². The van der Waals surface area contributed by atoms with Crippen LogP contribution in [-0.4, -0.2) is 55.0 Å². The molecular formula is C18H29N3O. The summed E-state index contributed by atoms with van der Waals surface area (Å²) in [6.45, 7) is 8.68. The average molecular weight is 303 g/mol. The van der Waals surface area contributed by atoms with Crippen molar-refractivity contribution in [2.75, 3.05) is 39.3 Å². The molecule has 0 aliphatic carbocycles. The summed E-state index contributed by atoms with van der Waals surface area (Å²) < 4.78 is 0. The predicted octanol–water partition coefficient (Wildman–Crippen LogP) is 2.11. The van der Waals surface area contributed by atoms with E-state index in [4.69, 9.17) is 0 Å². The molecule has 1 fully saturated rings. The van der Waals surface area contributed by atoms with Gasteiger partial charge in [-0.15, -0.1) is 0 Å². The van der Waals surface area contributed by atoms with E-state index in [1.54, 1.807) is 0 Å². The first-order valence-electron chi connectivity index (χ1n) is 8.54. The summed E-state index contributed by atoms with van der Waals surface area (Å²) in [6.07, 6.45) is 3.01. The van der Waals surface area contributed by atoms with Crippen molar-refractivity contribution in [1.82, 2.24) is 15.1 Å². The van der Waals surface area contributed by atoms with Gasteiger partial charge in [-0.05, 0) is 18.5 Å². The van der Waals surface area contributed by atoms with Gasteiger partial charge in [-0.2, -0.15) is 0 Å². The molecule has 1 saturated heterocycles. The Morgan fingerprint density at radius 2 is 1.82 bits per heavy atom. The fourth-order valence-electron chi connectivity index (χ4n) is 2.78. The molecule has 0 radical (unpaired) electrons. The van der Waals surface area contributed by atoms with Gasteiger partial charge in [0.2, 0.25) is 5.91 Å². The molecule has 0 aromatic heterocycles. The Labute approximate surface area is 134 Å². The second-order valence-corrected chi connectivity index (χ2v) is 6.00. The first-order chi connectivity index (χ1) is 10.8. The van der Waals surface area contributed by atoms with Gasteiger partial charge in [-0.3, -0.25) is 9.69 Å². The van der Waals surface area contributed by atoms with Crippen LogP contribution in [0.1, 0.15) is 31.7 Å². The monoisotopic (exact) mass is 303 g/mol. The molecule has 1 amide bonds. The minimum atomic E-state index is 0.295. The van der Waals surface area contributed by atoms with E-state index in [9.17, 15) is 4.79 Å². The number of carbonyl (C=O) groups is 1. The van der Waals surface area contributed by atoms with Crippen LogP contribution < -0.4 is 5.32 Å². The fourth-order valence-corrected chi connectivity index (χ4v) is 2.78. The highest BCUT2D eigenvalue weighted by Gasteiger charge is 2.20. The topological polar surface area (TPSA) is 35.6 Å². The molecule has 4 nitrogen and oxygen atoms in total. The van der Waals surface area contributed by atoms with Crippen molar-refractivity contribution in [3.8, 4) is 0 Å². The molecule has 4 heteroatoms. The number of piperazine rings is 1. The van der Waals surface area contributed by atoms with E-state index >= 15 is 0 Å². The molecule has 1 aromatic carbocycles. The third kappa shape index (κ3) is 5.78. The number of nitrogens with zero attached hydrogens (tertiary/aromatic N) is 2. The van der Waals surface area contributed by atoms with Crippen LogP contribution in [0.3, 0.4) is 0 Å². The summed E-state index contributed by atoms with van der Waals surface area (Å²) in [5.41, 5.74) is 1.35. The maximum absolute atomic E-state index is 12.2. The van der Waals surface area contributed by atoms with Gasteiger partial charge in [0.1, 0.15) is 0 Å². The summed E-state index contributed by atoms with van der Waals surface area (Å²) in [7, 11) is 0. The van der Waals surface area contributed by atoms with Crippen molar-refractivity contribution in [2.45, 2.75) is 32.7 Å². The molecule has 0 unspecified atom stereocenters. The lowest BCUT2D eigenvalue weighted by atomic mass is 10.2. The van der Waals surface area contributed by atoms with Gasteiger partial charge >= 0.3 is 0 Å². The minimum Gasteiger partial charge on any atom is -0.340 e. The smallest absolute Gasteiger partial charge is 0.223 e. The Bertz CT molecular complexity index is 427. The maximum Gasteiger partial charge on any atom is 0.223 e. The standard InChI is InChI=1S/C18H29N3O/c1-2-3-10-19-11-9-18(22)21-14-12-20(13-15-21)16-17-7-5-4-6-8-17/h4-8,19H,2-3,9-16H2,1H3. The Morgan fingerprint density at radius 1 is 1.09 bits per heavy atom. The van der Waals surface area contributed by atoms with Gasteiger partial charge in [0.05, 0.1) is 0 Å². The predicted molar refractivity (Wildman–Crippen MR) is 90.7 cm³/mol. The van der Waals surface area contributed by atoms with E-state index in [1.807, 2.05) is 4.90 Å². The lowest BCUT2D eigenvalue weighted by Crippen LogP contribution is -2.48. The van der Waals surface area contributed by atoms with Gasteiger partial charge in [0.25, 0.3) is 0 Å². The second kappa shape index (κ2) is 9.59. The number of benzene rings is 1. The molecule has 0 saturated carbocycles. The Hall–Kier alpha value is -1.39. The van der Waals surface area contributed by atoms with Crippen LogP contribution in [0, 0.1) is 0 Å². The van der Waals surface area contributed by atoms with Crippen LogP contribution in [0.2, 0.25) is 0 Å². The SMILES string of the molecule is CCCCNCCC(=O)N1CCN(Cc2ccccc2)CC1. The largest absolute Gasteiger partial charge is 0.340 e. The zero-order chi connectivity index (χ0) is 15.6. The van der Waals surface area contributed by atoms with E-state index < -0.39 is 0 Å². The van der Waals surface area contributed by atoms with Crippen LogP contribution in [0.25, 0.3) is 0 Å². The van der Waals surface area contributed by atoms with Crippen LogP contribution >= 0.6 is 0 Å². The molecule has 1 aliphatic rings. The minimum absolute atomic E-state index is 0.295. The lowest BCUT2D eigenvalue weighted by Gasteiger charge is -2.34. The second-order valence-electron chi connectivity index (χ2n) is 6.00. The average Bonchev–Trinajstić information content (AvgIpc) is 2.56. The summed E-state index contributed by atoms with van der Waals surface area (Å²) in [6, 6.07) is 10.6. The van der Waals surface area contributed by atoms with Gasteiger partial charge in [-0.25, -0.2) is 0 Å². The number of rotatable bonds is 8. The number of hydrogen-bond donors (Lipinski definition) is 1. The van der Waals surface area contributed by atoms with E-state index in [2.05, 4.69) is 47.5 Å². The van der Waals surface area contributed by atoms with Crippen LogP contribution in [0.15, 0.2) is 30.3 Å². The zero-order valence-electron chi connectivity index (χ0n) is 13.8. The number of hydrogen-bond acceptors (Lipinski definition) is 3. The highest BCUT2D eigenvalue weighted by molar-refractivity contribution is 5.76. The quantitative estimate of drug-likeness (QED) is 0.747. The normalized spacial score (nSPS) is 16.0. The van der Waals surface area contributed by atoms with Gasteiger partial charge in [0, 0.05) is 45.7 Å². The summed E-state index contributed by atoms with van der Waals surface area (Å²) >= 11 is 0. The molecule has 0 spiro atoms. The fraction of sp³-hybridized carbons (Fsp3) is 0.611. The van der Waals surface area contributed by atoms with E-state index in [0.717, 1.165) is 45.8 Å². The van der Waals surface area contributed by atoms with E-state index in [1.165, 1.54) is 18.4 Å². The van der Waals surface area contributed by atoms with Crippen molar-refractivity contribution >= 4 is 5.91 Å². The Morgan fingerprint density at radius 3 is 2.50 bits per heavy atom. The number of nitrogens with one attached hydrogen (secondary N) is 1. The molecule has 0 atom stereocenters. The summed E-state index contributed by atoms with van der Waals surface area (Å²) in [5, 5.41) is 3.34.